The van der Waals surface area contributed by atoms with E-state index < -0.39 is 11.8 Å². The molecule has 0 aliphatic heterocycles. The molecule has 106 valence electrons. The molecule has 6 heteroatoms. The van der Waals surface area contributed by atoms with E-state index in [4.69, 9.17) is 19.3 Å². The molecule has 1 N–H and O–H groups in total. The summed E-state index contributed by atoms with van der Waals surface area (Å²) in [6.07, 6.45) is 0.791. The molecule has 0 atom stereocenters. The van der Waals surface area contributed by atoms with Crippen LogP contribution in [0.15, 0.2) is 18.2 Å². The SMILES string of the molecule is COCCCOCCOc1cc(F)cc(C(=O)O)c1. The Morgan fingerprint density at radius 1 is 1.21 bits per heavy atom. The fourth-order valence-electron chi connectivity index (χ4n) is 1.40. The Kier molecular flexibility index (Phi) is 6.84. The third kappa shape index (κ3) is 6.17. The quantitative estimate of drug-likeness (QED) is 0.696. The van der Waals surface area contributed by atoms with E-state index in [0.29, 0.717) is 19.8 Å². The monoisotopic (exact) mass is 272 g/mol. The van der Waals surface area contributed by atoms with Crippen LogP contribution < -0.4 is 4.74 Å². The number of rotatable bonds is 9. The van der Waals surface area contributed by atoms with Crippen LogP contribution in [0.4, 0.5) is 4.39 Å². The number of ether oxygens (including phenoxy) is 3. The average molecular weight is 272 g/mol. The van der Waals surface area contributed by atoms with E-state index in [0.717, 1.165) is 18.6 Å². The Morgan fingerprint density at radius 3 is 2.68 bits per heavy atom. The number of carboxylic acid groups (broad SMARTS) is 1. The highest BCUT2D eigenvalue weighted by Crippen LogP contribution is 2.16. The molecule has 0 bridgehead atoms. The van der Waals surface area contributed by atoms with Crippen molar-refractivity contribution < 1.29 is 28.5 Å². The molecule has 1 aromatic rings. The Labute approximate surface area is 110 Å². The summed E-state index contributed by atoms with van der Waals surface area (Å²) >= 11 is 0. The molecule has 0 spiro atoms. The molecule has 19 heavy (non-hydrogen) atoms. The van der Waals surface area contributed by atoms with Crippen molar-refractivity contribution >= 4 is 5.97 Å². The van der Waals surface area contributed by atoms with Crippen LogP contribution in [0.1, 0.15) is 16.8 Å². The number of methoxy groups -OCH3 is 1. The Morgan fingerprint density at radius 2 is 2.00 bits per heavy atom. The molecule has 0 aliphatic rings. The average Bonchev–Trinajstić information content (AvgIpc) is 2.37. The van der Waals surface area contributed by atoms with Gasteiger partial charge in [0.25, 0.3) is 0 Å². The van der Waals surface area contributed by atoms with Gasteiger partial charge in [-0.1, -0.05) is 0 Å². The highest BCUT2D eigenvalue weighted by molar-refractivity contribution is 5.88. The van der Waals surface area contributed by atoms with Gasteiger partial charge in [-0.25, -0.2) is 9.18 Å². The number of hydrogen-bond donors (Lipinski definition) is 1. The van der Waals surface area contributed by atoms with Crippen LogP contribution in [0.2, 0.25) is 0 Å². The Bertz CT molecular complexity index is 408. The van der Waals surface area contributed by atoms with Gasteiger partial charge in [0.15, 0.2) is 0 Å². The fourth-order valence-corrected chi connectivity index (χ4v) is 1.40. The van der Waals surface area contributed by atoms with Crippen molar-refractivity contribution in [2.75, 3.05) is 33.5 Å². The molecular weight excluding hydrogens is 255 g/mol. The molecule has 0 heterocycles. The maximum Gasteiger partial charge on any atom is 0.335 e. The largest absolute Gasteiger partial charge is 0.491 e. The zero-order valence-electron chi connectivity index (χ0n) is 10.7. The van der Waals surface area contributed by atoms with Gasteiger partial charge in [0.2, 0.25) is 0 Å². The van der Waals surface area contributed by atoms with Crippen molar-refractivity contribution in [1.82, 2.24) is 0 Å². The van der Waals surface area contributed by atoms with Crippen LogP contribution in [-0.2, 0) is 9.47 Å². The minimum atomic E-state index is -1.19. The van der Waals surface area contributed by atoms with Crippen LogP contribution in [0.25, 0.3) is 0 Å². The fraction of sp³-hybridized carbons (Fsp3) is 0.462. The zero-order chi connectivity index (χ0) is 14.1. The van der Waals surface area contributed by atoms with Gasteiger partial charge in [0.1, 0.15) is 18.2 Å². The van der Waals surface area contributed by atoms with Gasteiger partial charge in [-0.15, -0.1) is 0 Å². The van der Waals surface area contributed by atoms with Crippen molar-refractivity contribution in [1.29, 1.82) is 0 Å². The molecule has 0 fully saturated rings. The van der Waals surface area contributed by atoms with Gasteiger partial charge in [-0.2, -0.15) is 0 Å². The number of hydrogen-bond acceptors (Lipinski definition) is 4. The molecule has 1 rings (SSSR count). The summed E-state index contributed by atoms with van der Waals surface area (Å²) < 4.78 is 28.4. The summed E-state index contributed by atoms with van der Waals surface area (Å²) in [5, 5.41) is 8.77. The van der Waals surface area contributed by atoms with Gasteiger partial charge in [-0.05, 0) is 18.6 Å². The zero-order valence-corrected chi connectivity index (χ0v) is 10.7. The standard InChI is InChI=1S/C13H17FO5/c1-17-3-2-4-18-5-6-19-12-8-10(13(15)16)7-11(14)9-12/h7-9H,2-6H2,1H3,(H,15,16). The first-order valence-electron chi connectivity index (χ1n) is 5.87. The van der Waals surface area contributed by atoms with Gasteiger partial charge < -0.3 is 19.3 Å². The number of aromatic carboxylic acids is 1. The van der Waals surface area contributed by atoms with Gasteiger partial charge in [0, 0.05) is 26.4 Å². The van der Waals surface area contributed by atoms with Crippen molar-refractivity contribution in [2.24, 2.45) is 0 Å². The van der Waals surface area contributed by atoms with E-state index in [9.17, 15) is 9.18 Å². The summed E-state index contributed by atoms with van der Waals surface area (Å²) in [6.45, 7) is 1.77. The molecule has 0 aliphatic carbocycles. The molecule has 0 radical (unpaired) electrons. The summed E-state index contributed by atoms with van der Waals surface area (Å²) in [6, 6.07) is 3.35. The summed E-state index contributed by atoms with van der Waals surface area (Å²) in [5.41, 5.74) is -0.143. The second kappa shape index (κ2) is 8.44. The molecule has 5 nitrogen and oxygen atoms in total. The minimum Gasteiger partial charge on any atom is -0.491 e. The first kappa shape index (κ1) is 15.4. The normalized spacial score (nSPS) is 10.4. The van der Waals surface area contributed by atoms with Gasteiger partial charge in [-0.3, -0.25) is 0 Å². The number of carboxylic acids is 1. The van der Waals surface area contributed by atoms with Crippen molar-refractivity contribution in [3.8, 4) is 5.75 Å². The van der Waals surface area contributed by atoms with E-state index in [2.05, 4.69) is 0 Å². The third-order valence-corrected chi connectivity index (χ3v) is 2.25. The molecular formula is C13H17FO5. The smallest absolute Gasteiger partial charge is 0.335 e. The van der Waals surface area contributed by atoms with Crippen LogP contribution >= 0.6 is 0 Å². The second-order valence-electron chi connectivity index (χ2n) is 3.79. The van der Waals surface area contributed by atoms with Crippen LogP contribution in [0.5, 0.6) is 5.75 Å². The molecule has 0 amide bonds. The lowest BCUT2D eigenvalue weighted by molar-refractivity contribution is 0.0694. The van der Waals surface area contributed by atoms with Crippen LogP contribution in [-0.4, -0.2) is 44.6 Å². The maximum atomic E-state index is 13.1. The predicted molar refractivity (Wildman–Crippen MR) is 66.2 cm³/mol. The molecule has 0 saturated heterocycles. The first-order chi connectivity index (χ1) is 9.13. The highest BCUT2D eigenvalue weighted by Gasteiger charge is 2.07. The first-order valence-corrected chi connectivity index (χ1v) is 5.87. The van der Waals surface area contributed by atoms with E-state index in [1.165, 1.54) is 6.07 Å². The summed E-state index contributed by atoms with van der Waals surface area (Å²) in [5.74, 6) is -1.66. The van der Waals surface area contributed by atoms with Gasteiger partial charge in [0.05, 0.1) is 12.2 Å². The highest BCUT2D eigenvalue weighted by atomic mass is 19.1. The summed E-state index contributed by atoms with van der Waals surface area (Å²) in [7, 11) is 1.62. The van der Waals surface area contributed by atoms with Crippen molar-refractivity contribution in [3.05, 3.63) is 29.6 Å². The number of benzene rings is 1. The second-order valence-corrected chi connectivity index (χ2v) is 3.79. The lowest BCUT2D eigenvalue weighted by Gasteiger charge is -2.08. The van der Waals surface area contributed by atoms with E-state index >= 15 is 0 Å². The third-order valence-electron chi connectivity index (χ3n) is 2.25. The topological polar surface area (TPSA) is 65.0 Å². The summed E-state index contributed by atoms with van der Waals surface area (Å²) in [4.78, 5) is 10.7. The lowest BCUT2D eigenvalue weighted by Crippen LogP contribution is -2.09. The molecule has 0 unspecified atom stereocenters. The number of carbonyl (C=O) groups is 1. The lowest BCUT2D eigenvalue weighted by atomic mass is 10.2. The van der Waals surface area contributed by atoms with Gasteiger partial charge >= 0.3 is 5.97 Å². The minimum absolute atomic E-state index is 0.143. The van der Waals surface area contributed by atoms with E-state index in [1.807, 2.05) is 0 Å². The number of halogens is 1. The predicted octanol–water partition coefficient (Wildman–Crippen LogP) is 1.96. The Hall–Kier alpha value is -1.66. The molecule has 1 aromatic carbocycles. The van der Waals surface area contributed by atoms with Crippen LogP contribution in [0.3, 0.4) is 0 Å². The molecule has 0 saturated carbocycles. The maximum absolute atomic E-state index is 13.1. The Balaban J connectivity index is 2.31. The van der Waals surface area contributed by atoms with E-state index in [1.54, 1.807) is 7.11 Å². The van der Waals surface area contributed by atoms with Crippen LogP contribution in [0, 0.1) is 5.82 Å². The van der Waals surface area contributed by atoms with Crippen molar-refractivity contribution in [3.63, 3.8) is 0 Å². The molecule has 0 aromatic heterocycles. The van der Waals surface area contributed by atoms with Crippen molar-refractivity contribution in [2.45, 2.75) is 6.42 Å². The van der Waals surface area contributed by atoms with E-state index in [-0.39, 0.29) is 17.9 Å².